The molecule has 3 fully saturated rings. The molecule has 4 rings (SSSR count). The lowest BCUT2D eigenvalue weighted by molar-refractivity contribution is -0.288. The monoisotopic (exact) mass is 490 g/mol. The van der Waals surface area contributed by atoms with Crippen molar-refractivity contribution in [2.45, 2.75) is 122 Å². The molecule has 2 saturated heterocycles. The van der Waals surface area contributed by atoms with Crippen LogP contribution in [0.25, 0.3) is 0 Å². The van der Waals surface area contributed by atoms with Crippen LogP contribution in [-0.2, 0) is 29.5 Å². The molecule has 8 heteroatoms. The van der Waals surface area contributed by atoms with Gasteiger partial charge in [0, 0.05) is 0 Å². The summed E-state index contributed by atoms with van der Waals surface area (Å²) >= 11 is 0. The third-order valence-electron chi connectivity index (χ3n) is 8.47. The smallest absolute Gasteiger partial charge is 0.329 e. The van der Waals surface area contributed by atoms with Crippen LogP contribution >= 0.6 is 0 Å². The molecule has 4 atom stereocenters. The Morgan fingerprint density at radius 3 is 1.20 bits per heavy atom. The maximum atomic E-state index is 13.6. The molecule has 8 nitrogen and oxygen atoms in total. The van der Waals surface area contributed by atoms with Crippen LogP contribution in [0.5, 0.6) is 0 Å². The molecule has 0 spiro atoms. The fourth-order valence-corrected chi connectivity index (χ4v) is 7.60. The van der Waals surface area contributed by atoms with Gasteiger partial charge in [-0.1, -0.05) is 12.2 Å². The Labute approximate surface area is 209 Å². The molecule has 4 unspecified atom stereocenters. The first-order chi connectivity index (χ1) is 15.9. The summed E-state index contributed by atoms with van der Waals surface area (Å²) in [4.78, 5) is 39.3. The highest BCUT2D eigenvalue weighted by atomic mass is 16.7. The van der Waals surface area contributed by atoms with Gasteiger partial charge in [0.2, 0.25) is 0 Å². The van der Waals surface area contributed by atoms with E-state index in [2.05, 4.69) is 0 Å². The number of hydroxylamine groups is 4. The first-order valence-corrected chi connectivity index (χ1v) is 13.0. The number of nitrogens with zero attached hydrogens (tertiary/aromatic N) is 2. The molecule has 0 amide bonds. The second-order valence-electron chi connectivity index (χ2n) is 13.7. The largest absolute Gasteiger partial charge is 0.367 e. The fourth-order valence-electron chi connectivity index (χ4n) is 7.60. The molecule has 4 aliphatic rings. The number of fused-ring (bicyclic) bond motifs is 2. The predicted molar refractivity (Wildman–Crippen MR) is 127 cm³/mol. The molecule has 2 aliphatic carbocycles. The van der Waals surface area contributed by atoms with Gasteiger partial charge in [-0.2, -0.15) is 0 Å². The van der Waals surface area contributed by atoms with Crippen molar-refractivity contribution >= 4 is 11.9 Å². The minimum absolute atomic E-state index is 0.0817. The van der Waals surface area contributed by atoms with E-state index >= 15 is 0 Å². The summed E-state index contributed by atoms with van der Waals surface area (Å²) in [6.45, 7) is 15.4. The van der Waals surface area contributed by atoms with E-state index < -0.39 is 58.1 Å². The van der Waals surface area contributed by atoms with Crippen molar-refractivity contribution in [2.24, 2.45) is 23.7 Å². The summed E-state index contributed by atoms with van der Waals surface area (Å²) in [6, 6.07) is 0. The zero-order valence-corrected chi connectivity index (χ0v) is 22.5. The molecular formula is C27H42N2O6. The van der Waals surface area contributed by atoms with Gasteiger partial charge in [0.25, 0.3) is 0 Å². The molecule has 2 bridgehead atoms. The highest BCUT2D eigenvalue weighted by Crippen LogP contribution is 2.51. The van der Waals surface area contributed by atoms with Crippen molar-refractivity contribution < 1.29 is 29.5 Å². The molecule has 2 aliphatic heterocycles. The Bertz CT molecular complexity index is 788. The van der Waals surface area contributed by atoms with Gasteiger partial charge in [-0.15, -0.1) is 10.1 Å². The third kappa shape index (κ3) is 4.79. The average molecular weight is 491 g/mol. The van der Waals surface area contributed by atoms with Gasteiger partial charge in [-0.05, 0) is 99.3 Å². The quantitative estimate of drug-likeness (QED) is 0.547. The van der Waals surface area contributed by atoms with E-state index in [1.165, 1.54) is 0 Å². The summed E-state index contributed by atoms with van der Waals surface area (Å²) in [7, 11) is 0. The van der Waals surface area contributed by atoms with E-state index in [0.717, 1.165) is 0 Å². The summed E-state index contributed by atoms with van der Waals surface area (Å²) < 4.78 is 0. The number of allylic oxidation sites excluding steroid dienone is 2. The molecule has 2 radical (unpaired) electrons. The van der Waals surface area contributed by atoms with Crippen LogP contribution in [0, 0.1) is 23.7 Å². The molecule has 0 aromatic rings. The molecule has 0 aromatic carbocycles. The Morgan fingerprint density at radius 1 is 0.629 bits per heavy atom. The van der Waals surface area contributed by atoms with Crippen molar-refractivity contribution in [1.29, 1.82) is 0 Å². The summed E-state index contributed by atoms with van der Waals surface area (Å²) in [5, 5.41) is 28.1. The average Bonchev–Trinajstić information content (AvgIpc) is 3.27. The summed E-state index contributed by atoms with van der Waals surface area (Å²) in [5.74, 6) is -2.32. The Hall–Kier alpha value is -1.48. The van der Waals surface area contributed by atoms with Crippen molar-refractivity contribution in [2.75, 3.05) is 0 Å². The van der Waals surface area contributed by atoms with Gasteiger partial charge in [0.1, 0.15) is 0 Å². The molecule has 196 valence electrons. The normalized spacial score (nSPS) is 36.3. The van der Waals surface area contributed by atoms with E-state index in [9.17, 15) is 19.8 Å². The first kappa shape index (κ1) is 26.6. The third-order valence-corrected chi connectivity index (χ3v) is 8.47. The van der Waals surface area contributed by atoms with Crippen LogP contribution in [0.15, 0.2) is 12.2 Å². The van der Waals surface area contributed by atoms with Crippen LogP contribution in [0.3, 0.4) is 0 Å². The van der Waals surface area contributed by atoms with Crippen molar-refractivity contribution in [1.82, 2.24) is 10.1 Å². The van der Waals surface area contributed by atoms with Gasteiger partial charge >= 0.3 is 11.9 Å². The molecule has 0 N–H and O–H groups in total. The van der Waals surface area contributed by atoms with Gasteiger partial charge in [-0.3, -0.25) is 9.59 Å². The number of hydrogen-bond donors (Lipinski definition) is 0. The Morgan fingerprint density at radius 2 is 0.914 bits per heavy atom. The van der Waals surface area contributed by atoms with E-state index in [-0.39, 0.29) is 11.8 Å². The maximum absolute atomic E-state index is 13.6. The fraction of sp³-hybridized carbons (Fsp3) is 0.852. The summed E-state index contributed by atoms with van der Waals surface area (Å²) in [6.07, 6.45) is 4.83. The Kier molecular flexibility index (Phi) is 6.48. The molecule has 2 heterocycles. The van der Waals surface area contributed by atoms with Crippen molar-refractivity contribution in [3.63, 3.8) is 0 Å². The zero-order chi connectivity index (χ0) is 26.1. The molecule has 1 saturated carbocycles. The number of piperidine rings is 2. The lowest BCUT2D eigenvalue weighted by Gasteiger charge is -2.52. The minimum atomic E-state index is -0.715. The topological polar surface area (TPSA) is 98.9 Å². The lowest BCUT2D eigenvalue weighted by Crippen LogP contribution is -2.63. The zero-order valence-electron chi connectivity index (χ0n) is 22.5. The van der Waals surface area contributed by atoms with Crippen LogP contribution < -0.4 is 0 Å². The van der Waals surface area contributed by atoms with Crippen LogP contribution in [0.1, 0.15) is 87.5 Å². The maximum Gasteiger partial charge on any atom is 0.329 e. The number of carbonyl (C=O) groups excluding carboxylic acids is 2. The molecule has 0 aromatic heterocycles. The number of carbonyl (C=O) groups is 2. The van der Waals surface area contributed by atoms with Crippen molar-refractivity contribution in [3.05, 3.63) is 12.2 Å². The lowest BCUT2D eigenvalue weighted by atomic mass is 9.80. The highest BCUT2D eigenvalue weighted by Gasteiger charge is 2.57. The van der Waals surface area contributed by atoms with Gasteiger partial charge in [-0.25, -0.2) is 10.2 Å². The van der Waals surface area contributed by atoms with Crippen molar-refractivity contribution in [3.8, 4) is 0 Å². The second-order valence-corrected chi connectivity index (χ2v) is 13.7. The Balaban J connectivity index is 1.54. The molecular weight excluding hydrogens is 448 g/mol. The van der Waals surface area contributed by atoms with E-state index in [0.29, 0.717) is 32.1 Å². The number of hydrogen-bond acceptors (Lipinski definition) is 6. The minimum Gasteiger partial charge on any atom is -0.367 e. The predicted octanol–water partition coefficient (Wildman–Crippen LogP) is 4.25. The highest BCUT2D eigenvalue weighted by molar-refractivity contribution is 5.84. The summed E-state index contributed by atoms with van der Waals surface area (Å²) in [5.41, 5.74) is -2.43. The van der Waals surface area contributed by atoms with E-state index in [4.69, 9.17) is 9.68 Å². The van der Waals surface area contributed by atoms with Gasteiger partial charge in [0.15, 0.2) is 0 Å². The van der Waals surface area contributed by atoms with Crippen LogP contribution in [-0.4, -0.2) is 56.4 Å². The standard InChI is InChI=1S/C27H42N2O6/c1-24(2)12-18(30)13-25(3,4)28(24)34-22(32)20-16-9-10-17(11-16)21(20)23(33)35-29-26(5,6)14-19(31)15-27(29,7)8/h9-10,16-21H,11-15H2,1-8H3. The first-order valence-electron chi connectivity index (χ1n) is 13.0. The molecule has 35 heavy (non-hydrogen) atoms. The van der Waals surface area contributed by atoms with Gasteiger partial charge in [0.05, 0.1) is 46.2 Å². The second kappa shape index (κ2) is 8.54. The van der Waals surface area contributed by atoms with Gasteiger partial charge < -0.3 is 9.68 Å². The van der Waals surface area contributed by atoms with Crippen LogP contribution in [0.2, 0.25) is 0 Å². The van der Waals surface area contributed by atoms with E-state index in [1.54, 1.807) is 10.1 Å². The van der Waals surface area contributed by atoms with Crippen LogP contribution in [0.4, 0.5) is 0 Å². The SMILES string of the molecule is CC1(C)CC([O])CC(C)(C)N1OC(=O)C1C2C=CC(C2)C1C(=O)ON1C(C)(C)CC([O])CC1(C)C. The van der Waals surface area contributed by atoms with E-state index in [1.807, 2.05) is 67.5 Å². The number of rotatable bonds is 4.